The van der Waals surface area contributed by atoms with E-state index in [1.165, 1.54) is 17.2 Å². The summed E-state index contributed by atoms with van der Waals surface area (Å²) in [6.45, 7) is -1.13. The van der Waals surface area contributed by atoms with Crippen molar-refractivity contribution in [3.05, 3.63) is 42.2 Å². The summed E-state index contributed by atoms with van der Waals surface area (Å²) in [6, 6.07) is 5.12. The molecule has 1 atom stereocenters. The molecule has 1 aromatic heterocycles. The van der Waals surface area contributed by atoms with E-state index in [1.807, 2.05) is 5.32 Å². The van der Waals surface area contributed by atoms with E-state index in [9.17, 15) is 27.2 Å². The number of aromatic nitrogens is 1. The minimum Gasteiger partial charge on any atom is -0.441 e. The third-order valence-electron chi connectivity index (χ3n) is 4.58. The third-order valence-corrected chi connectivity index (χ3v) is 4.58. The highest BCUT2D eigenvalue weighted by molar-refractivity contribution is 5.88. The number of alkyl halides is 3. The lowest BCUT2D eigenvalue weighted by molar-refractivity contribution is -0.144. The van der Waals surface area contributed by atoms with Crippen LogP contribution in [0.1, 0.15) is 25.2 Å². The predicted octanol–water partition coefficient (Wildman–Crippen LogP) is 3.08. The minimum atomic E-state index is -4.51. The first-order valence-corrected chi connectivity index (χ1v) is 9.08. The summed E-state index contributed by atoms with van der Waals surface area (Å²) in [5, 5.41) is 1.83. The van der Waals surface area contributed by atoms with Crippen LogP contribution in [-0.4, -0.2) is 47.0 Å². The molecule has 1 fully saturated rings. The number of aryl methyl sites for hydroxylation is 1. The van der Waals surface area contributed by atoms with Crippen molar-refractivity contribution in [2.45, 2.75) is 37.9 Å². The number of carbonyl (C=O) groups is 2. The number of halogens is 4. The van der Waals surface area contributed by atoms with E-state index in [0.29, 0.717) is 19.4 Å². The van der Waals surface area contributed by atoms with Crippen LogP contribution < -0.4 is 5.32 Å². The standard InChI is InChI=1S/C19H19F4N3O3/c20-13-5-2-1-4-12(13)15-10-24-16(29-15)7-8-17(27)26-9-3-6-14(26)18(28)25-11-19(21,22)23/h1-2,4-5,10,14H,3,6-9,11H2,(H,25,28). The Morgan fingerprint density at radius 3 is 2.76 bits per heavy atom. The summed E-state index contributed by atoms with van der Waals surface area (Å²) in [7, 11) is 0. The first kappa shape index (κ1) is 20.8. The van der Waals surface area contributed by atoms with E-state index >= 15 is 0 Å². The number of oxazole rings is 1. The smallest absolute Gasteiger partial charge is 0.405 e. The van der Waals surface area contributed by atoms with Crippen LogP contribution >= 0.6 is 0 Å². The molecule has 1 aromatic carbocycles. The van der Waals surface area contributed by atoms with Crippen molar-refractivity contribution in [2.75, 3.05) is 13.1 Å². The number of likely N-dealkylation sites (tertiary alicyclic amines) is 1. The van der Waals surface area contributed by atoms with Crippen LogP contribution in [0.25, 0.3) is 11.3 Å². The van der Waals surface area contributed by atoms with Crippen LogP contribution in [0.5, 0.6) is 0 Å². The third kappa shape index (κ3) is 5.33. The molecule has 0 bridgehead atoms. The second-order valence-electron chi connectivity index (χ2n) is 6.68. The Bertz CT molecular complexity index is 882. The fourth-order valence-corrected chi connectivity index (χ4v) is 3.21. The molecule has 6 nitrogen and oxygen atoms in total. The van der Waals surface area contributed by atoms with Gasteiger partial charge in [-0.1, -0.05) is 12.1 Å². The van der Waals surface area contributed by atoms with Crippen molar-refractivity contribution >= 4 is 11.8 Å². The number of hydrogen-bond donors (Lipinski definition) is 1. The Balaban J connectivity index is 1.56. The molecule has 1 unspecified atom stereocenters. The largest absolute Gasteiger partial charge is 0.441 e. The molecule has 1 N–H and O–H groups in total. The van der Waals surface area contributed by atoms with Crippen molar-refractivity contribution in [3.8, 4) is 11.3 Å². The molecule has 1 saturated heterocycles. The molecule has 2 heterocycles. The van der Waals surface area contributed by atoms with Gasteiger partial charge in [0.2, 0.25) is 11.8 Å². The molecule has 0 radical (unpaired) electrons. The number of carbonyl (C=O) groups excluding carboxylic acids is 2. The van der Waals surface area contributed by atoms with Crippen molar-refractivity contribution in [2.24, 2.45) is 0 Å². The van der Waals surface area contributed by atoms with Crippen LogP contribution in [0.4, 0.5) is 17.6 Å². The van der Waals surface area contributed by atoms with E-state index in [0.717, 1.165) is 0 Å². The van der Waals surface area contributed by atoms with Crippen LogP contribution in [0.15, 0.2) is 34.9 Å². The van der Waals surface area contributed by atoms with Gasteiger partial charge in [-0.05, 0) is 25.0 Å². The van der Waals surface area contributed by atoms with Gasteiger partial charge in [-0.15, -0.1) is 0 Å². The summed E-state index contributed by atoms with van der Waals surface area (Å²) < 4.78 is 56.1. The van der Waals surface area contributed by atoms with E-state index < -0.39 is 30.5 Å². The molecule has 1 aliphatic heterocycles. The summed E-state index contributed by atoms with van der Waals surface area (Å²) in [5.41, 5.74) is 0.249. The van der Waals surface area contributed by atoms with Crippen molar-refractivity contribution in [1.82, 2.24) is 15.2 Å². The molecule has 2 amide bonds. The van der Waals surface area contributed by atoms with Crippen molar-refractivity contribution in [3.63, 3.8) is 0 Å². The summed E-state index contributed by atoms with van der Waals surface area (Å²) in [4.78, 5) is 29.8. The van der Waals surface area contributed by atoms with Gasteiger partial charge >= 0.3 is 6.18 Å². The first-order valence-electron chi connectivity index (χ1n) is 9.08. The Morgan fingerprint density at radius 1 is 1.28 bits per heavy atom. The SMILES string of the molecule is O=C(NCC(F)(F)F)C1CCCN1C(=O)CCc1ncc(-c2ccccc2F)o1. The number of benzene rings is 1. The quantitative estimate of drug-likeness (QED) is 0.739. The van der Waals surface area contributed by atoms with E-state index in [-0.39, 0.29) is 36.0 Å². The number of hydrogen-bond acceptors (Lipinski definition) is 4. The Kier molecular flexibility index (Phi) is 6.19. The van der Waals surface area contributed by atoms with Gasteiger partial charge in [-0.3, -0.25) is 9.59 Å². The molecule has 29 heavy (non-hydrogen) atoms. The first-order chi connectivity index (χ1) is 13.7. The molecular weight excluding hydrogens is 394 g/mol. The van der Waals surface area contributed by atoms with E-state index in [1.54, 1.807) is 18.2 Å². The zero-order valence-electron chi connectivity index (χ0n) is 15.3. The maximum atomic E-state index is 13.8. The molecule has 0 saturated carbocycles. The van der Waals surface area contributed by atoms with E-state index in [2.05, 4.69) is 4.98 Å². The summed E-state index contributed by atoms with van der Waals surface area (Å²) in [6.07, 6.45) is -2.20. The normalized spacial score (nSPS) is 16.8. The molecule has 2 aromatic rings. The van der Waals surface area contributed by atoms with Gasteiger partial charge in [-0.25, -0.2) is 9.37 Å². The van der Waals surface area contributed by atoms with Crippen LogP contribution in [0, 0.1) is 5.82 Å². The molecule has 156 valence electrons. The zero-order valence-corrected chi connectivity index (χ0v) is 15.3. The van der Waals surface area contributed by atoms with Crippen LogP contribution in [0.3, 0.4) is 0 Å². The average molecular weight is 413 g/mol. The maximum Gasteiger partial charge on any atom is 0.405 e. The molecule has 0 spiro atoms. The lowest BCUT2D eigenvalue weighted by Crippen LogP contribution is -2.48. The van der Waals surface area contributed by atoms with Gasteiger partial charge in [0, 0.05) is 19.4 Å². The van der Waals surface area contributed by atoms with Gasteiger partial charge in [0.05, 0.1) is 11.8 Å². The molecule has 1 aliphatic rings. The number of rotatable bonds is 6. The summed E-state index contributed by atoms with van der Waals surface area (Å²) >= 11 is 0. The minimum absolute atomic E-state index is 0.0275. The molecule has 0 aliphatic carbocycles. The number of nitrogens with zero attached hydrogens (tertiary/aromatic N) is 2. The van der Waals surface area contributed by atoms with Crippen LogP contribution in [-0.2, 0) is 16.0 Å². The van der Waals surface area contributed by atoms with Crippen molar-refractivity contribution in [1.29, 1.82) is 0 Å². The Morgan fingerprint density at radius 2 is 2.03 bits per heavy atom. The lowest BCUT2D eigenvalue weighted by Gasteiger charge is -2.24. The monoisotopic (exact) mass is 413 g/mol. The lowest BCUT2D eigenvalue weighted by atomic mass is 10.2. The predicted molar refractivity (Wildman–Crippen MR) is 94.0 cm³/mol. The second-order valence-corrected chi connectivity index (χ2v) is 6.68. The number of nitrogens with one attached hydrogen (secondary N) is 1. The number of amides is 2. The highest BCUT2D eigenvalue weighted by Gasteiger charge is 2.36. The van der Waals surface area contributed by atoms with Gasteiger partial charge in [0.25, 0.3) is 0 Å². The zero-order chi connectivity index (χ0) is 21.0. The molecular formula is C19H19F4N3O3. The van der Waals surface area contributed by atoms with Crippen molar-refractivity contribution < 1.29 is 31.6 Å². The highest BCUT2D eigenvalue weighted by Crippen LogP contribution is 2.24. The van der Waals surface area contributed by atoms with Crippen LogP contribution in [0.2, 0.25) is 0 Å². The van der Waals surface area contributed by atoms with Gasteiger partial charge in [0.15, 0.2) is 11.7 Å². The highest BCUT2D eigenvalue weighted by atomic mass is 19.4. The topological polar surface area (TPSA) is 75.4 Å². The Hall–Kier alpha value is -2.91. The average Bonchev–Trinajstić information content (AvgIpc) is 3.33. The molecule has 3 rings (SSSR count). The fraction of sp³-hybridized carbons (Fsp3) is 0.421. The van der Waals surface area contributed by atoms with Gasteiger partial charge in [-0.2, -0.15) is 13.2 Å². The molecule has 10 heteroatoms. The van der Waals surface area contributed by atoms with Gasteiger partial charge in [0.1, 0.15) is 18.4 Å². The second kappa shape index (κ2) is 8.62. The maximum absolute atomic E-state index is 13.8. The summed E-state index contributed by atoms with van der Waals surface area (Å²) in [5.74, 6) is -1.19. The van der Waals surface area contributed by atoms with Gasteiger partial charge < -0.3 is 14.6 Å². The van der Waals surface area contributed by atoms with E-state index in [4.69, 9.17) is 4.42 Å². The fourth-order valence-electron chi connectivity index (χ4n) is 3.21. The Labute approximate surface area is 163 Å².